The van der Waals surface area contributed by atoms with Crippen molar-refractivity contribution in [1.82, 2.24) is 9.80 Å². The summed E-state index contributed by atoms with van der Waals surface area (Å²) < 4.78 is 0. The number of hydrogen-bond acceptors (Lipinski definition) is 4. The van der Waals surface area contributed by atoms with Gasteiger partial charge in [0.05, 0.1) is 28.8 Å². The van der Waals surface area contributed by atoms with Crippen LogP contribution in [0.5, 0.6) is 0 Å². The van der Waals surface area contributed by atoms with E-state index in [4.69, 9.17) is 0 Å². The van der Waals surface area contributed by atoms with Gasteiger partial charge in [-0.2, -0.15) is 10.5 Å². The molecule has 0 spiro atoms. The molecule has 1 unspecified atom stereocenters. The van der Waals surface area contributed by atoms with Gasteiger partial charge in [0.25, 0.3) is 11.8 Å². The molecule has 6 heteroatoms. The Balaban J connectivity index is 1.62. The van der Waals surface area contributed by atoms with Crippen molar-refractivity contribution in [3.05, 3.63) is 69.3 Å². The minimum absolute atomic E-state index is 0.0368. The monoisotopic (exact) mass is 398 g/mol. The first kappa shape index (κ1) is 19.7. The Morgan fingerprint density at radius 3 is 2.40 bits per heavy atom. The average Bonchev–Trinajstić information content (AvgIpc) is 3.25. The highest BCUT2D eigenvalue weighted by Crippen LogP contribution is 2.32. The quantitative estimate of drug-likeness (QED) is 0.790. The highest BCUT2D eigenvalue weighted by atomic mass is 16.2. The number of hydrogen-bond donors (Lipinski definition) is 0. The normalized spacial score (nSPS) is 15.8. The smallest absolute Gasteiger partial charge is 0.256 e. The SMILES string of the molecule is CC(C)N1Cc2c(ccc(CC(C)N3Cc4cccc(C#N)c4C3=O)c2C#N)C1=O. The third-order valence-electron chi connectivity index (χ3n) is 6.09. The second-order valence-electron chi connectivity index (χ2n) is 8.20. The Hall–Kier alpha value is -3.64. The molecule has 2 amide bonds. The van der Waals surface area contributed by atoms with E-state index >= 15 is 0 Å². The maximum Gasteiger partial charge on any atom is 0.256 e. The lowest BCUT2D eigenvalue weighted by Gasteiger charge is -2.25. The zero-order valence-corrected chi connectivity index (χ0v) is 17.3. The largest absolute Gasteiger partial charge is 0.332 e. The van der Waals surface area contributed by atoms with Gasteiger partial charge in [-0.1, -0.05) is 18.2 Å². The molecule has 0 bridgehead atoms. The van der Waals surface area contributed by atoms with Crippen LogP contribution < -0.4 is 0 Å². The number of fused-ring (bicyclic) bond motifs is 2. The first-order valence-electron chi connectivity index (χ1n) is 10.1. The van der Waals surface area contributed by atoms with Crippen molar-refractivity contribution < 1.29 is 9.59 Å². The lowest BCUT2D eigenvalue weighted by molar-refractivity contribution is 0.0712. The standard InChI is InChI=1S/C24H22N4O2/c1-14(2)27-13-21-19(23(27)29)8-7-16(20(21)11-26)9-15(3)28-12-18-6-4-5-17(10-25)22(18)24(28)30/h4-8,14-15H,9,12-13H2,1-3H3. The average molecular weight is 398 g/mol. The van der Waals surface area contributed by atoms with Crippen LogP contribution in [0.2, 0.25) is 0 Å². The third-order valence-corrected chi connectivity index (χ3v) is 6.09. The van der Waals surface area contributed by atoms with Crippen molar-refractivity contribution in [2.75, 3.05) is 0 Å². The van der Waals surface area contributed by atoms with E-state index < -0.39 is 0 Å². The fourth-order valence-electron chi connectivity index (χ4n) is 4.45. The van der Waals surface area contributed by atoms with E-state index in [0.29, 0.717) is 41.8 Å². The molecule has 1 atom stereocenters. The summed E-state index contributed by atoms with van der Waals surface area (Å²) in [7, 11) is 0. The van der Waals surface area contributed by atoms with Crippen molar-refractivity contribution in [3.63, 3.8) is 0 Å². The number of rotatable bonds is 4. The molecule has 2 heterocycles. The van der Waals surface area contributed by atoms with Crippen LogP contribution in [0.3, 0.4) is 0 Å². The van der Waals surface area contributed by atoms with E-state index in [1.54, 1.807) is 28.0 Å². The predicted molar refractivity (Wildman–Crippen MR) is 110 cm³/mol. The Morgan fingerprint density at radius 2 is 1.73 bits per heavy atom. The second-order valence-corrected chi connectivity index (χ2v) is 8.20. The molecule has 0 aromatic heterocycles. The zero-order valence-electron chi connectivity index (χ0n) is 17.3. The maximum absolute atomic E-state index is 13.0. The number of carbonyl (C=O) groups excluding carboxylic acids is 2. The fourth-order valence-corrected chi connectivity index (χ4v) is 4.45. The van der Waals surface area contributed by atoms with Gasteiger partial charge in [-0.15, -0.1) is 0 Å². The number of nitrogens with zero attached hydrogens (tertiary/aromatic N) is 4. The van der Waals surface area contributed by atoms with Crippen molar-refractivity contribution in [2.24, 2.45) is 0 Å². The minimum Gasteiger partial charge on any atom is -0.332 e. The van der Waals surface area contributed by atoms with Crippen LogP contribution in [-0.2, 0) is 19.5 Å². The molecule has 0 saturated carbocycles. The van der Waals surface area contributed by atoms with E-state index in [0.717, 1.165) is 16.7 Å². The van der Waals surface area contributed by atoms with Gasteiger partial charge in [0, 0.05) is 36.3 Å². The van der Waals surface area contributed by atoms with Crippen molar-refractivity contribution in [2.45, 2.75) is 52.4 Å². The van der Waals surface area contributed by atoms with Crippen LogP contribution in [0, 0.1) is 22.7 Å². The number of benzene rings is 2. The van der Waals surface area contributed by atoms with E-state index in [1.165, 1.54) is 0 Å². The number of amides is 2. The molecule has 2 aromatic rings. The van der Waals surface area contributed by atoms with Gasteiger partial charge in [-0.25, -0.2) is 0 Å². The molecule has 6 nitrogen and oxygen atoms in total. The maximum atomic E-state index is 13.0. The molecular weight excluding hydrogens is 376 g/mol. The summed E-state index contributed by atoms with van der Waals surface area (Å²) >= 11 is 0. The van der Waals surface area contributed by atoms with Gasteiger partial charge in [0.1, 0.15) is 0 Å². The second kappa shape index (κ2) is 7.31. The third kappa shape index (κ3) is 2.93. The first-order chi connectivity index (χ1) is 14.4. The Morgan fingerprint density at radius 1 is 0.967 bits per heavy atom. The molecule has 2 aliphatic rings. The highest BCUT2D eigenvalue weighted by molar-refractivity contribution is 6.01. The fraction of sp³-hybridized carbons (Fsp3) is 0.333. The topological polar surface area (TPSA) is 88.2 Å². The van der Waals surface area contributed by atoms with Gasteiger partial charge >= 0.3 is 0 Å². The summed E-state index contributed by atoms with van der Waals surface area (Å²) in [6.45, 7) is 6.78. The molecule has 2 aromatic carbocycles. The van der Waals surface area contributed by atoms with Crippen LogP contribution in [0.1, 0.15) is 69.3 Å². The van der Waals surface area contributed by atoms with E-state index in [1.807, 2.05) is 32.9 Å². The van der Waals surface area contributed by atoms with Crippen molar-refractivity contribution in [3.8, 4) is 12.1 Å². The van der Waals surface area contributed by atoms with Crippen LogP contribution in [-0.4, -0.2) is 33.7 Å². The summed E-state index contributed by atoms with van der Waals surface area (Å²) in [5.74, 6) is -0.180. The Labute approximate surface area is 175 Å². The molecule has 150 valence electrons. The summed E-state index contributed by atoms with van der Waals surface area (Å²) in [6, 6.07) is 13.3. The van der Waals surface area contributed by atoms with Crippen molar-refractivity contribution in [1.29, 1.82) is 10.5 Å². The number of carbonyl (C=O) groups is 2. The molecule has 0 aliphatic carbocycles. The molecule has 0 fully saturated rings. The number of nitriles is 2. The van der Waals surface area contributed by atoms with E-state index in [2.05, 4.69) is 12.1 Å². The molecular formula is C24H22N4O2. The van der Waals surface area contributed by atoms with Gasteiger partial charge in [0.15, 0.2) is 0 Å². The molecule has 30 heavy (non-hydrogen) atoms. The molecule has 0 N–H and O–H groups in total. The lowest BCUT2D eigenvalue weighted by Crippen LogP contribution is -2.35. The minimum atomic E-state index is -0.153. The summed E-state index contributed by atoms with van der Waals surface area (Å²) in [5, 5.41) is 19.2. The summed E-state index contributed by atoms with van der Waals surface area (Å²) in [4.78, 5) is 29.1. The Bertz CT molecular complexity index is 1150. The first-order valence-corrected chi connectivity index (χ1v) is 10.1. The van der Waals surface area contributed by atoms with Gasteiger partial charge < -0.3 is 9.80 Å². The van der Waals surface area contributed by atoms with Gasteiger partial charge in [0.2, 0.25) is 0 Å². The molecule has 2 aliphatic heterocycles. The Kier molecular flexibility index (Phi) is 4.79. The predicted octanol–water partition coefficient (Wildman–Crippen LogP) is 3.38. The highest BCUT2D eigenvalue weighted by Gasteiger charge is 2.35. The van der Waals surface area contributed by atoms with Crippen molar-refractivity contribution >= 4 is 11.8 Å². The summed E-state index contributed by atoms with van der Waals surface area (Å²) in [6.07, 6.45) is 0.508. The van der Waals surface area contributed by atoms with Crippen LogP contribution in [0.25, 0.3) is 0 Å². The summed E-state index contributed by atoms with van der Waals surface area (Å²) in [5.41, 5.74) is 4.50. The van der Waals surface area contributed by atoms with Gasteiger partial charge in [-0.05, 0) is 50.5 Å². The van der Waals surface area contributed by atoms with Crippen LogP contribution in [0.4, 0.5) is 0 Å². The molecule has 4 rings (SSSR count). The lowest BCUT2D eigenvalue weighted by atomic mass is 9.94. The molecule has 0 radical (unpaired) electrons. The zero-order chi connectivity index (χ0) is 21.6. The molecule has 0 saturated heterocycles. The van der Waals surface area contributed by atoms with Crippen LogP contribution >= 0.6 is 0 Å². The van der Waals surface area contributed by atoms with E-state index in [-0.39, 0.29) is 23.9 Å². The van der Waals surface area contributed by atoms with E-state index in [9.17, 15) is 20.1 Å². The van der Waals surface area contributed by atoms with Gasteiger partial charge in [-0.3, -0.25) is 9.59 Å². The van der Waals surface area contributed by atoms with Crippen LogP contribution in [0.15, 0.2) is 30.3 Å².